The number of hydrogen-bond donors (Lipinski definition) is 10. The van der Waals surface area contributed by atoms with Gasteiger partial charge in [-0.25, -0.2) is 0 Å². The smallest absolute Gasteiger partial charge is 0.217 e. The Morgan fingerprint density at radius 3 is 1.52 bits per heavy atom. The maximum absolute atomic E-state index is 11.7. The molecule has 18 heteroatoms. The molecule has 0 spiro atoms. The molecule has 20 atom stereocenters. The monoisotopic (exact) mass is 643 g/mol. The van der Waals surface area contributed by atoms with Crippen molar-refractivity contribution in [2.75, 3.05) is 0 Å². The highest BCUT2D eigenvalue weighted by atomic mass is 16.8. The Balaban J connectivity index is 1.53. The van der Waals surface area contributed by atoms with Gasteiger partial charge in [0.2, 0.25) is 5.91 Å². The molecule has 0 radical (unpaired) electrons. The van der Waals surface area contributed by atoms with E-state index in [4.69, 9.17) is 33.2 Å². The number of aliphatic hydroxyl groups is 9. The fourth-order valence-electron chi connectivity index (χ4n) is 5.72. The number of aliphatic hydroxyl groups excluding tert-OH is 9. The molecule has 0 bridgehead atoms. The van der Waals surface area contributed by atoms with E-state index in [2.05, 4.69) is 5.32 Å². The molecule has 4 rings (SSSR count). The number of carbonyl (C=O) groups is 1. The van der Waals surface area contributed by atoms with Gasteiger partial charge >= 0.3 is 0 Å². The number of carbonyl (C=O) groups excluding carboxylic acids is 1. The lowest BCUT2D eigenvalue weighted by molar-refractivity contribution is -0.390. The van der Waals surface area contributed by atoms with E-state index in [1.165, 1.54) is 34.6 Å². The van der Waals surface area contributed by atoms with Crippen LogP contribution in [0.3, 0.4) is 0 Å². The summed E-state index contributed by atoms with van der Waals surface area (Å²) in [5.74, 6) is -0.542. The predicted octanol–water partition coefficient (Wildman–Crippen LogP) is -5.49. The van der Waals surface area contributed by atoms with Crippen LogP contribution in [-0.4, -0.2) is 175 Å². The standard InChI is InChI=1S/C26H45NO17/c1-6-12(29)11(27-10(5)28)16(33)24(39-6)43-21-15(32)8(3)38-23(37)22(21)44-26-19(36)20(14(31)9(4)41-26)42-25-18(35)17(34)13(30)7(2)40-25/h6-9,11-26,29-37H,1-5H3,(H,27,28)/t6-,7+,8+,9+,11+,12+,13+,14+,15+,16-,17-,18-,19-,20-,21-,22-,23?,24-,25+,26+/m1/s1. The van der Waals surface area contributed by atoms with Crippen molar-refractivity contribution in [3.05, 3.63) is 0 Å². The van der Waals surface area contributed by atoms with E-state index in [0.29, 0.717) is 0 Å². The normalized spacial score (nSPS) is 53.7. The average Bonchev–Trinajstić information content (AvgIpc) is 2.96. The zero-order chi connectivity index (χ0) is 32.8. The van der Waals surface area contributed by atoms with Gasteiger partial charge in [-0.2, -0.15) is 0 Å². The van der Waals surface area contributed by atoms with E-state index in [0.717, 1.165) is 0 Å². The van der Waals surface area contributed by atoms with Crippen LogP contribution < -0.4 is 5.32 Å². The Bertz CT molecular complexity index is 964. The van der Waals surface area contributed by atoms with Gasteiger partial charge in [-0.3, -0.25) is 4.79 Å². The van der Waals surface area contributed by atoms with Gasteiger partial charge in [0.25, 0.3) is 0 Å². The topological polar surface area (TPSA) is 276 Å². The molecular formula is C26H45NO17. The van der Waals surface area contributed by atoms with Gasteiger partial charge in [0.05, 0.1) is 30.5 Å². The molecule has 1 unspecified atom stereocenters. The van der Waals surface area contributed by atoms with Crippen LogP contribution in [-0.2, 0) is 38.0 Å². The summed E-state index contributed by atoms with van der Waals surface area (Å²) in [5.41, 5.74) is 0. The highest BCUT2D eigenvalue weighted by Crippen LogP contribution is 2.34. The summed E-state index contributed by atoms with van der Waals surface area (Å²) in [4.78, 5) is 11.7. The van der Waals surface area contributed by atoms with Crippen molar-refractivity contribution < 1.29 is 83.9 Å². The zero-order valence-electron chi connectivity index (χ0n) is 24.8. The average molecular weight is 644 g/mol. The fraction of sp³-hybridized carbons (Fsp3) is 0.962. The SMILES string of the molecule is CC(=O)N[C@H]1[C@@H](O)[C@@H](C)O[C@H](O[C@@H]2[C@@H](O)[C@H](C)OC(O)[C@@H]2O[C@@H]2O[C@@H](C)[C@H](O)[C@@H](O[C@@H]3O[C@@H](C)[C@H](O)[C@@H](O)[C@H]3O)[C@H]2O)[C@@H]1O. The predicted molar refractivity (Wildman–Crippen MR) is 140 cm³/mol. The molecule has 4 aliphatic heterocycles. The van der Waals surface area contributed by atoms with Crippen molar-refractivity contribution >= 4 is 5.91 Å². The first-order valence-electron chi connectivity index (χ1n) is 14.5. The van der Waals surface area contributed by atoms with Crippen LogP contribution in [0.4, 0.5) is 0 Å². The van der Waals surface area contributed by atoms with Gasteiger partial charge in [-0.05, 0) is 27.7 Å². The largest absolute Gasteiger partial charge is 0.388 e. The summed E-state index contributed by atoms with van der Waals surface area (Å²) in [6.45, 7) is 6.94. The molecule has 44 heavy (non-hydrogen) atoms. The molecule has 256 valence electrons. The van der Waals surface area contributed by atoms with Crippen molar-refractivity contribution in [2.24, 2.45) is 0 Å². The van der Waals surface area contributed by atoms with Crippen molar-refractivity contribution in [3.8, 4) is 0 Å². The van der Waals surface area contributed by atoms with E-state index in [-0.39, 0.29) is 0 Å². The van der Waals surface area contributed by atoms with Crippen LogP contribution >= 0.6 is 0 Å². The van der Waals surface area contributed by atoms with E-state index < -0.39 is 129 Å². The third-order valence-corrected chi connectivity index (χ3v) is 8.45. The lowest BCUT2D eigenvalue weighted by atomic mass is 9.95. The molecule has 4 saturated heterocycles. The molecule has 0 aromatic carbocycles. The zero-order valence-corrected chi connectivity index (χ0v) is 24.8. The van der Waals surface area contributed by atoms with Crippen molar-refractivity contribution in [3.63, 3.8) is 0 Å². The first kappa shape index (κ1) is 35.7. The number of ether oxygens (including phenoxy) is 7. The van der Waals surface area contributed by atoms with E-state index in [1.54, 1.807) is 0 Å². The number of hydrogen-bond acceptors (Lipinski definition) is 17. The summed E-state index contributed by atoms with van der Waals surface area (Å²) >= 11 is 0. The van der Waals surface area contributed by atoms with E-state index in [1.807, 2.05) is 0 Å². The van der Waals surface area contributed by atoms with E-state index in [9.17, 15) is 50.8 Å². The second-order valence-corrected chi connectivity index (χ2v) is 11.8. The van der Waals surface area contributed by atoms with Crippen molar-refractivity contribution in [1.29, 1.82) is 0 Å². The third-order valence-electron chi connectivity index (χ3n) is 8.45. The number of rotatable bonds is 7. The molecule has 4 heterocycles. The maximum atomic E-state index is 11.7. The summed E-state index contributed by atoms with van der Waals surface area (Å²) in [6.07, 6.45) is -27.8. The second kappa shape index (κ2) is 14.3. The second-order valence-electron chi connectivity index (χ2n) is 11.8. The molecule has 18 nitrogen and oxygen atoms in total. The Morgan fingerprint density at radius 2 is 0.932 bits per heavy atom. The summed E-state index contributed by atoms with van der Waals surface area (Å²) in [7, 11) is 0. The maximum Gasteiger partial charge on any atom is 0.217 e. The van der Waals surface area contributed by atoms with Crippen LogP contribution in [0, 0.1) is 0 Å². The Hall–Kier alpha value is -1.17. The number of amides is 1. The Labute approximate surface area is 252 Å². The molecule has 1 amide bonds. The van der Waals surface area contributed by atoms with Crippen LogP contribution in [0.15, 0.2) is 0 Å². The third kappa shape index (κ3) is 7.20. The first-order chi connectivity index (χ1) is 20.5. The van der Waals surface area contributed by atoms with Crippen molar-refractivity contribution in [1.82, 2.24) is 5.32 Å². The highest BCUT2D eigenvalue weighted by Gasteiger charge is 2.54. The molecular weight excluding hydrogens is 598 g/mol. The highest BCUT2D eigenvalue weighted by molar-refractivity contribution is 5.73. The molecule has 0 saturated carbocycles. The Morgan fingerprint density at radius 1 is 0.500 bits per heavy atom. The van der Waals surface area contributed by atoms with Gasteiger partial charge in [-0.1, -0.05) is 0 Å². The first-order valence-corrected chi connectivity index (χ1v) is 14.5. The lowest BCUT2D eigenvalue weighted by Crippen LogP contribution is -2.67. The summed E-state index contributed by atoms with van der Waals surface area (Å²) < 4.78 is 39.4. The van der Waals surface area contributed by atoms with Gasteiger partial charge in [-0.15, -0.1) is 0 Å². The summed E-state index contributed by atoms with van der Waals surface area (Å²) in [6, 6.07) is -1.21. The minimum atomic E-state index is -1.82. The van der Waals surface area contributed by atoms with Crippen LogP contribution in [0.25, 0.3) is 0 Å². The Kier molecular flexibility index (Phi) is 11.6. The lowest BCUT2D eigenvalue weighted by Gasteiger charge is -2.49. The van der Waals surface area contributed by atoms with Crippen molar-refractivity contribution in [2.45, 2.75) is 157 Å². The minimum Gasteiger partial charge on any atom is -0.388 e. The minimum absolute atomic E-state index is 0.542. The van der Waals surface area contributed by atoms with Crippen LogP contribution in [0.2, 0.25) is 0 Å². The van der Waals surface area contributed by atoms with Gasteiger partial charge in [0.1, 0.15) is 67.1 Å². The molecule has 4 aliphatic rings. The molecule has 10 N–H and O–H groups in total. The number of nitrogens with one attached hydrogen (secondary N) is 1. The van der Waals surface area contributed by atoms with Crippen LogP contribution in [0.1, 0.15) is 34.6 Å². The van der Waals surface area contributed by atoms with Gasteiger partial charge in [0, 0.05) is 6.92 Å². The van der Waals surface area contributed by atoms with Crippen LogP contribution in [0.5, 0.6) is 0 Å². The van der Waals surface area contributed by atoms with Gasteiger partial charge < -0.3 is 84.4 Å². The molecule has 0 aromatic rings. The molecule has 4 fully saturated rings. The quantitative estimate of drug-likeness (QED) is 0.124. The fourth-order valence-corrected chi connectivity index (χ4v) is 5.72. The molecule has 0 aliphatic carbocycles. The van der Waals surface area contributed by atoms with Gasteiger partial charge in [0.15, 0.2) is 25.2 Å². The molecule has 0 aromatic heterocycles. The van der Waals surface area contributed by atoms with E-state index >= 15 is 0 Å². The summed E-state index contributed by atoms with van der Waals surface area (Å²) in [5, 5.41) is 97.9.